The third-order valence-corrected chi connectivity index (χ3v) is 12.9. The van der Waals surface area contributed by atoms with Gasteiger partial charge in [-0.1, -0.05) is 282 Å². The van der Waals surface area contributed by atoms with Gasteiger partial charge < -0.3 is 14.2 Å². The van der Waals surface area contributed by atoms with Gasteiger partial charge >= 0.3 is 17.9 Å². The molecule has 0 aromatic carbocycles. The van der Waals surface area contributed by atoms with Gasteiger partial charge in [-0.3, -0.25) is 14.4 Å². The lowest BCUT2D eigenvalue weighted by atomic mass is 10.0. The monoisotopic (exact) mass is 1060 g/mol. The first-order valence-electron chi connectivity index (χ1n) is 31.3. The summed E-state index contributed by atoms with van der Waals surface area (Å²) in [5.41, 5.74) is 0. The van der Waals surface area contributed by atoms with Crippen LogP contribution in [-0.4, -0.2) is 37.2 Å². The van der Waals surface area contributed by atoms with Crippen molar-refractivity contribution in [3.63, 3.8) is 0 Å². The third-order valence-electron chi connectivity index (χ3n) is 12.9. The van der Waals surface area contributed by atoms with E-state index >= 15 is 0 Å². The second kappa shape index (κ2) is 63.8. The Morgan fingerprint density at radius 1 is 0.273 bits per heavy atom. The molecule has 0 bridgehead atoms. The highest BCUT2D eigenvalue weighted by atomic mass is 16.6. The third kappa shape index (κ3) is 62.0. The molecular weight excluding hydrogens is 949 g/mol. The lowest BCUT2D eigenvalue weighted by Gasteiger charge is -2.18. The number of hydrogen-bond acceptors (Lipinski definition) is 6. The number of unbranched alkanes of at least 4 members (excludes halogenated alkanes) is 20. The Kier molecular flexibility index (Phi) is 59.9. The summed E-state index contributed by atoms with van der Waals surface area (Å²) < 4.78 is 16.8. The van der Waals surface area contributed by atoms with Crippen molar-refractivity contribution in [1.29, 1.82) is 0 Å². The molecule has 0 aliphatic rings. The molecule has 6 nitrogen and oxygen atoms in total. The minimum Gasteiger partial charge on any atom is -0.462 e. The van der Waals surface area contributed by atoms with Gasteiger partial charge in [0.05, 0.1) is 0 Å². The Morgan fingerprint density at radius 2 is 0.532 bits per heavy atom. The van der Waals surface area contributed by atoms with Gasteiger partial charge in [-0.05, 0) is 109 Å². The van der Waals surface area contributed by atoms with Crippen molar-refractivity contribution in [1.82, 2.24) is 0 Å². The van der Waals surface area contributed by atoms with Crippen molar-refractivity contribution >= 4 is 17.9 Å². The van der Waals surface area contributed by atoms with Crippen LogP contribution in [0.4, 0.5) is 0 Å². The molecule has 0 saturated heterocycles. The van der Waals surface area contributed by atoms with Crippen molar-refractivity contribution in [3.05, 3.63) is 146 Å². The predicted molar refractivity (Wildman–Crippen MR) is 334 cm³/mol. The van der Waals surface area contributed by atoms with Crippen molar-refractivity contribution < 1.29 is 28.6 Å². The number of carbonyl (C=O) groups excluding carboxylic acids is 3. The van der Waals surface area contributed by atoms with Crippen molar-refractivity contribution in [2.75, 3.05) is 13.2 Å². The minimum atomic E-state index is -0.830. The molecule has 0 fully saturated rings. The van der Waals surface area contributed by atoms with Gasteiger partial charge in [0, 0.05) is 19.3 Å². The number of ether oxygens (including phenoxy) is 3. The summed E-state index contributed by atoms with van der Waals surface area (Å²) in [6, 6.07) is 0. The van der Waals surface area contributed by atoms with E-state index in [0.29, 0.717) is 19.3 Å². The van der Waals surface area contributed by atoms with Crippen molar-refractivity contribution in [2.45, 2.75) is 271 Å². The van der Waals surface area contributed by atoms with Crippen LogP contribution in [0.2, 0.25) is 0 Å². The van der Waals surface area contributed by atoms with Gasteiger partial charge in [0.25, 0.3) is 0 Å². The Balaban J connectivity index is 4.47. The normalized spacial score (nSPS) is 13.1. The van der Waals surface area contributed by atoms with Gasteiger partial charge in [-0.2, -0.15) is 0 Å². The average molecular weight is 1060 g/mol. The van der Waals surface area contributed by atoms with Gasteiger partial charge in [-0.25, -0.2) is 0 Å². The van der Waals surface area contributed by atoms with E-state index in [1.165, 1.54) is 103 Å². The Morgan fingerprint density at radius 3 is 0.870 bits per heavy atom. The van der Waals surface area contributed by atoms with Crippen LogP contribution in [0.1, 0.15) is 265 Å². The molecule has 6 heteroatoms. The summed E-state index contributed by atoms with van der Waals surface area (Å²) in [5.74, 6) is -1.05. The summed E-state index contributed by atoms with van der Waals surface area (Å²) in [6.45, 7) is 6.32. The minimum absolute atomic E-state index is 0.126. The molecule has 0 aliphatic heterocycles. The zero-order chi connectivity index (χ0) is 55.7. The summed E-state index contributed by atoms with van der Waals surface area (Å²) in [6.07, 6.45) is 91.6. The second-order valence-electron chi connectivity index (χ2n) is 20.2. The maximum absolute atomic E-state index is 12.9. The Hall–Kier alpha value is -4.71. The molecule has 0 aliphatic carbocycles. The van der Waals surface area contributed by atoms with Crippen LogP contribution in [0.25, 0.3) is 0 Å². The zero-order valence-corrected chi connectivity index (χ0v) is 49.7. The van der Waals surface area contributed by atoms with Gasteiger partial charge in [-0.15, -0.1) is 0 Å². The Bertz CT molecular complexity index is 1700. The Labute approximate surface area is 474 Å². The quantitative estimate of drug-likeness (QED) is 0.0261. The molecular formula is C71H114O6. The van der Waals surface area contributed by atoms with Crippen LogP contribution in [-0.2, 0) is 28.6 Å². The van der Waals surface area contributed by atoms with Crippen molar-refractivity contribution in [2.24, 2.45) is 0 Å². The van der Waals surface area contributed by atoms with Crippen molar-refractivity contribution in [3.8, 4) is 0 Å². The molecule has 0 N–H and O–H groups in total. The standard InChI is InChI=1S/C71H114O6/c1-4-7-10-13-16-19-22-25-27-29-31-32-33-34-35-36-37-38-40-41-43-46-49-52-55-58-61-64-70(73)76-67-68(66-75-69(72)63-60-57-54-51-48-45-24-21-18-15-12-9-6-3)77-71(74)65-62-59-56-53-50-47-44-42-39-30-28-26-23-20-17-14-11-8-5-2/h7,9-10,12,16,18-19,21,25,27,31-32,34-35,37-38,41,43,45,48-49,52,54,57,68H,4-6,8,11,13-15,17,20,22-24,26,28-30,33,36,39-40,42,44,46-47,50-51,53,55-56,58-67H2,1-3H3/b10-7-,12-9-,19-16-,21-18-,27-25-,32-31-,35-34-,38-37-,43-41-,48-45-,52-49-,57-54-. The second-order valence-corrected chi connectivity index (χ2v) is 20.2. The van der Waals surface area contributed by atoms with Crippen LogP contribution in [0.15, 0.2) is 146 Å². The fourth-order valence-electron chi connectivity index (χ4n) is 8.24. The van der Waals surface area contributed by atoms with Gasteiger partial charge in [0.2, 0.25) is 0 Å². The molecule has 0 heterocycles. The molecule has 1 atom stereocenters. The fourth-order valence-corrected chi connectivity index (χ4v) is 8.24. The highest BCUT2D eigenvalue weighted by Gasteiger charge is 2.19. The molecule has 0 amide bonds. The van der Waals surface area contributed by atoms with Crippen LogP contribution in [0.5, 0.6) is 0 Å². The number of hydrogen-bond donors (Lipinski definition) is 0. The van der Waals surface area contributed by atoms with E-state index < -0.39 is 6.10 Å². The maximum atomic E-state index is 12.9. The first-order chi connectivity index (χ1) is 38.0. The number of allylic oxidation sites excluding steroid dienone is 24. The molecule has 0 saturated carbocycles. The first kappa shape index (κ1) is 72.3. The van der Waals surface area contributed by atoms with Crippen LogP contribution >= 0.6 is 0 Å². The van der Waals surface area contributed by atoms with Crippen LogP contribution in [0, 0.1) is 0 Å². The van der Waals surface area contributed by atoms with Crippen LogP contribution < -0.4 is 0 Å². The molecule has 434 valence electrons. The van der Waals surface area contributed by atoms with E-state index in [2.05, 4.69) is 154 Å². The molecule has 0 aromatic rings. The summed E-state index contributed by atoms with van der Waals surface area (Å²) in [5, 5.41) is 0. The van der Waals surface area contributed by atoms with E-state index in [-0.39, 0.29) is 44.0 Å². The van der Waals surface area contributed by atoms with E-state index in [1.54, 1.807) is 0 Å². The molecule has 0 rings (SSSR count). The van der Waals surface area contributed by atoms with Gasteiger partial charge in [0.15, 0.2) is 6.10 Å². The molecule has 0 spiro atoms. The highest BCUT2D eigenvalue weighted by molar-refractivity contribution is 5.71. The molecule has 0 aromatic heterocycles. The average Bonchev–Trinajstić information content (AvgIpc) is 3.43. The summed E-state index contributed by atoms with van der Waals surface area (Å²) >= 11 is 0. The highest BCUT2D eigenvalue weighted by Crippen LogP contribution is 2.16. The largest absolute Gasteiger partial charge is 0.462 e. The lowest BCUT2D eigenvalue weighted by Crippen LogP contribution is -2.30. The topological polar surface area (TPSA) is 78.9 Å². The fraction of sp³-hybridized carbons (Fsp3) is 0.620. The number of esters is 3. The predicted octanol–water partition coefficient (Wildman–Crippen LogP) is 21.5. The number of carbonyl (C=O) groups is 3. The molecule has 77 heavy (non-hydrogen) atoms. The SMILES string of the molecule is CC/C=C\C/C=C\C/C=C\C/C=C\C/C=C\C/C=C\C/C=C\C/C=C\CCCCC(=O)OCC(COC(=O)CC/C=C\C/C=C\C/C=C\C/C=C\CC)OC(=O)CCCCCCCCCCCCCCCCCCCCC. The van der Waals surface area contributed by atoms with E-state index in [4.69, 9.17) is 14.2 Å². The summed E-state index contributed by atoms with van der Waals surface area (Å²) in [4.78, 5) is 38.2. The zero-order valence-electron chi connectivity index (χ0n) is 49.7. The molecule has 0 radical (unpaired) electrons. The molecule has 1 unspecified atom stereocenters. The maximum Gasteiger partial charge on any atom is 0.306 e. The summed E-state index contributed by atoms with van der Waals surface area (Å²) in [7, 11) is 0. The van der Waals surface area contributed by atoms with E-state index in [9.17, 15) is 14.4 Å². The van der Waals surface area contributed by atoms with Gasteiger partial charge in [0.1, 0.15) is 13.2 Å². The van der Waals surface area contributed by atoms with Crippen LogP contribution in [0.3, 0.4) is 0 Å². The van der Waals surface area contributed by atoms with E-state index in [0.717, 1.165) is 109 Å². The number of rotatable bonds is 55. The first-order valence-corrected chi connectivity index (χ1v) is 31.3. The lowest BCUT2D eigenvalue weighted by molar-refractivity contribution is -0.166. The smallest absolute Gasteiger partial charge is 0.306 e. The van der Waals surface area contributed by atoms with E-state index in [1.807, 2.05) is 12.2 Å².